The summed E-state index contributed by atoms with van der Waals surface area (Å²) < 4.78 is 27.6. The highest BCUT2D eigenvalue weighted by molar-refractivity contribution is 7.92. The fraction of sp³-hybridized carbons (Fsp3) is 0.300. The summed E-state index contributed by atoms with van der Waals surface area (Å²) in [4.78, 5) is 12.5. The number of anilines is 1. The predicted octanol–water partition coefficient (Wildman–Crippen LogP) is 3.28. The molecule has 0 radical (unpaired) electrons. The molecule has 1 aliphatic rings. The number of hydrogen-bond donors (Lipinski definition) is 2. The number of hydrogen-bond acceptors (Lipinski definition) is 4. The first-order chi connectivity index (χ1) is 12.7. The molecule has 1 fully saturated rings. The summed E-state index contributed by atoms with van der Waals surface area (Å²) in [6.07, 6.45) is 2.24. The molecule has 2 aromatic carbocycles. The van der Waals surface area contributed by atoms with Crippen LogP contribution in [0.4, 0.5) is 5.69 Å². The van der Waals surface area contributed by atoms with E-state index in [0.717, 1.165) is 17.5 Å². The molecule has 0 aliphatic heterocycles. The van der Waals surface area contributed by atoms with Crippen LogP contribution in [0.15, 0.2) is 47.4 Å². The van der Waals surface area contributed by atoms with Gasteiger partial charge in [-0.15, -0.1) is 0 Å². The Balaban J connectivity index is 1.72. The summed E-state index contributed by atoms with van der Waals surface area (Å²) >= 11 is 0. The first-order valence-corrected chi connectivity index (χ1v) is 10.2. The number of rotatable bonds is 5. The molecule has 2 N–H and O–H groups in total. The quantitative estimate of drug-likeness (QED) is 0.828. The van der Waals surface area contributed by atoms with E-state index in [1.165, 1.54) is 24.3 Å². The van der Waals surface area contributed by atoms with Gasteiger partial charge in [-0.1, -0.05) is 6.07 Å². The Morgan fingerprint density at radius 2 is 1.74 bits per heavy atom. The largest absolute Gasteiger partial charge is 0.334 e. The monoisotopic (exact) mass is 383 g/mol. The van der Waals surface area contributed by atoms with Crippen molar-refractivity contribution in [2.24, 2.45) is 0 Å². The molecule has 1 saturated carbocycles. The fourth-order valence-electron chi connectivity index (χ4n) is 2.87. The van der Waals surface area contributed by atoms with Crippen LogP contribution < -0.4 is 10.0 Å². The van der Waals surface area contributed by atoms with Crippen molar-refractivity contribution in [3.8, 4) is 6.07 Å². The molecule has 27 heavy (non-hydrogen) atoms. The van der Waals surface area contributed by atoms with E-state index in [1.54, 1.807) is 18.2 Å². The maximum Gasteiger partial charge on any atom is 0.261 e. The number of benzene rings is 2. The number of aryl methyl sites for hydroxylation is 2. The first kappa shape index (κ1) is 18.9. The lowest BCUT2D eigenvalue weighted by Gasteiger charge is -2.35. The van der Waals surface area contributed by atoms with Gasteiger partial charge in [0.1, 0.15) is 5.54 Å². The molecule has 140 valence electrons. The smallest absolute Gasteiger partial charge is 0.261 e. The molecule has 0 aromatic heterocycles. The number of nitrogens with zero attached hydrogens (tertiary/aromatic N) is 1. The van der Waals surface area contributed by atoms with Crippen LogP contribution in [0.5, 0.6) is 0 Å². The fourth-order valence-corrected chi connectivity index (χ4v) is 4.01. The number of sulfonamides is 1. The highest BCUT2D eigenvalue weighted by Crippen LogP contribution is 2.31. The second kappa shape index (κ2) is 7.05. The average molecular weight is 383 g/mol. The maximum atomic E-state index is 12.5. The van der Waals surface area contributed by atoms with Gasteiger partial charge in [0, 0.05) is 11.3 Å². The summed E-state index contributed by atoms with van der Waals surface area (Å²) in [5.41, 5.74) is 1.90. The van der Waals surface area contributed by atoms with Crippen molar-refractivity contribution < 1.29 is 13.2 Å². The lowest BCUT2D eigenvalue weighted by molar-refractivity contribution is 0.0881. The van der Waals surface area contributed by atoms with Crippen LogP contribution in [0.1, 0.15) is 40.7 Å². The Kier molecular flexibility index (Phi) is 4.94. The van der Waals surface area contributed by atoms with Crippen molar-refractivity contribution in [1.82, 2.24) is 5.32 Å². The summed E-state index contributed by atoms with van der Waals surface area (Å²) in [6.45, 7) is 3.78. The molecular formula is C20H21N3O3S. The molecule has 3 rings (SSSR count). The minimum absolute atomic E-state index is 0.188. The zero-order chi connectivity index (χ0) is 19.7. The van der Waals surface area contributed by atoms with Gasteiger partial charge in [0.15, 0.2) is 0 Å². The molecule has 0 heterocycles. The van der Waals surface area contributed by atoms with Crippen molar-refractivity contribution in [3.63, 3.8) is 0 Å². The van der Waals surface area contributed by atoms with E-state index >= 15 is 0 Å². The molecule has 0 saturated heterocycles. The average Bonchev–Trinajstić information content (AvgIpc) is 2.60. The molecule has 7 heteroatoms. The molecule has 0 bridgehead atoms. The van der Waals surface area contributed by atoms with Gasteiger partial charge in [0.2, 0.25) is 0 Å². The SMILES string of the molecule is Cc1ccc(S(=O)(=O)Nc2ccc(C(=O)NC3(C#N)CCC3)cc2)cc1C. The van der Waals surface area contributed by atoms with Crippen LogP contribution in [0.3, 0.4) is 0 Å². The summed E-state index contributed by atoms with van der Waals surface area (Å²) in [7, 11) is -3.71. The van der Waals surface area contributed by atoms with Crippen molar-refractivity contribution in [2.45, 2.75) is 43.5 Å². The molecule has 1 amide bonds. The van der Waals surface area contributed by atoms with Crippen molar-refractivity contribution >= 4 is 21.6 Å². The lowest BCUT2D eigenvalue weighted by Crippen LogP contribution is -2.52. The Bertz CT molecular complexity index is 1020. The van der Waals surface area contributed by atoms with Gasteiger partial charge in [-0.05, 0) is 80.6 Å². The Hall–Kier alpha value is -2.85. The van der Waals surface area contributed by atoms with Crippen LogP contribution in [0, 0.1) is 25.2 Å². The van der Waals surface area contributed by atoms with Crippen molar-refractivity contribution in [2.75, 3.05) is 4.72 Å². The topological polar surface area (TPSA) is 99.1 Å². The second-order valence-electron chi connectivity index (χ2n) is 6.93. The summed E-state index contributed by atoms with van der Waals surface area (Å²) in [6, 6.07) is 13.3. The van der Waals surface area contributed by atoms with E-state index in [2.05, 4.69) is 16.1 Å². The van der Waals surface area contributed by atoms with Gasteiger partial charge in [-0.25, -0.2) is 8.42 Å². The van der Waals surface area contributed by atoms with E-state index in [9.17, 15) is 18.5 Å². The highest BCUT2D eigenvalue weighted by Gasteiger charge is 2.38. The second-order valence-corrected chi connectivity index (χ2v) is 8.61. The Labute approximate surface area is 159 Å². The number of nitrogens with one attached hydrogen (secondary N) is 2. The Morgan fingerprint density at radius 1 is 1.07 bits per heavy atom. The first-order valence-electron chi connectivity index (χ1n) is 8.69. The molecular weight excluding hydrogens is 362 g/mol. The van der Waals surface area contributed by atoms with Crippen LogP contribution in [-0.4, -0.2) is 19.9 Å². The van der Waals surface area contributed by atoms with E-state index in [0.29, 0.717) is 24.1 Å². The van der Waals surface area contributed by atoms with Gasteiger partial charge in [0.05, 0.1) is 11.0 Å². The minimum Gasteiger partial charge on any atom is -0.334 e. The molecule has 0 unspecified atom stereocenters. The van der Waals surface area contributed by atoms with Crippen LogP contribution in [-0.2, 0) is 10.0 Å². The number of amides is 1. The van der Waals surface area contributed by atoms with Crippen molar-refractivity contribution in [3.05, 3.63) is 59.2 Å². The standard InChI is InChI=1S/C20H21N3O3S/c1-14-4-9-18(12-15(14)2)27(25,26)23-17-7-5-16(6-8-17)19(24)22-20(13-21)10-3-11-20/h4-9,12,23H,3,10-11H2,1-2H3,(H,22,24). The van der Waals surface area contributed by atoms with E-state index < -0.39 is 15.6 Å². The van der Waals surface area contributed by atoms with Crippen molar-refractivity contribution in [1.29, 1.82) is 5.26 Å². The third-order valence-electron chi connectivity index (χ3n) is 4.96. The minimum atomic E-state index is -3.71. The molecule has 1 aliphatic carbocycles. The number of carbonyl (C=O) groups excluding carboxylic acids is 1. The van der Waals surface area contributed by atoms with Crippen LogP contribution in [0.2, 0.25) is 0 Å². The highest BCUT2D eigenvalue weighted by atomic mass is 32.2. The van der Waals surface area contributed by atoms with E-state index in [1.807, 2.05) is 13.8 Å². The van der Waals surface area contributed by atoms with E-state index in [-0.39, 0.29) is 10.8 Å². The summed E-state index contributed by atoms with van der Waals surface area (Å²) in [5, 5.41) is 12.0. The number of nitriles is 1. The Morgan fingerprint density at radius 3 is 2.26 bits per heavy atom. The van der Waals surface area contributed by atoms with Crippen LogP contribution >= 0.6 is 0 Å². The van der Waals surface area contributed by atoms with Gasteiger partial charge in [0.25, 0.3) is 15.9 Å². The third kappa shape index (κ3) is 3.96. The van der Waals surface area contributed by atoms with Gasteiger partial charge in [-0.3, -0.25) is 9.52 Å². The van der Waals surface area contributed by atoms with E-state index in [4.69, 9.17) is 0 Å². The predicted molar refractivity (Wildman–Crippen MR) is 103 cm³/mol. The zero-order valence-electron chi connectivity index (χ0n) is 15.2. The molecule has 0 spiro atoms. The zero-order valence-corrected chi connectivity index (χ0v) is 16.1. The van der Waals surface area contributed by atoms with Gasteiger partial charge < -0.3 is 5.32 Å². The van der Waals surface area contributed by atoms with Gasteiger partial charge >= 0.3 is 0 Å². The normalized spacial score (nSPS) is 15.3. The number of carbonyl (C=O) groups is 1. The van der Waals surface area contributed by atoms with Gasteiger partial charge in [-0.2, -0.15) is 5.26 Å². The molecule has 0 atom stereocenters. The van der Waals surface area contributed by atoms with Crippen LogP contribution in [0.25, 0.3) is 0 Å². The third-order valence-corrected chi connectivity index (χ3v) is 6.34. The molecule has 6 nitrogen and oxygen atoms in total. The maximum absolute atomic E-state index is 12.5. The molecule has 2 aromatic rings. The summed E-state index contributed by atoms with van der Waals surface area (Å²) in [5.74, 6) is -0.334. The lowest BCUT2D eigenvalue weighted by atomic mass is 9.78.